The first-order chi connectivity index (χ1) is 35.7. The van der Waals surface area contributed by atoms with Gasteiger partial charge >= 0.3 is 0 Å². The topological polar surface area (TPSA) is 216 Å². The van der Waals surface area contributed by atoms with E-state index in [0.29, 0.717) is 70.9 Å². The highest BCUT2D eigenvalue weighted by Crippen LogP contribution is 2.31. The fraction of sp³-hybridized carbons (Fsp3) is 0.542. The third kappa shape index (κ3) is 14.1. The molecule has 3 aliphatic carbocycles. The Balaban J connectivity index is 0.797. The van der Waals surface area contributed by atoms with Crippen LogP contribution in [0, 0.1) is 35.5 Å². The van der Waals surface area contributed by atoms with Crippen molar-refractivity contribution in [3.05, 3.63) is 96.1 Å². The number of amides is 7. The Bertz CT molecular complexity index is 2650. The first-order valence-corrected chi connectivity index (χ1v) is 27.4. The number of nitrogens with one attached hydrogen (secondary N) is 8. The van der Waals surface area contributed by atoms with Crippen LogP contribution < -0.4 is 42.5 Å². The zero-order chi connectivity index (χ0) is 52.3. The Hall–Kier alpha value is -6.35. The van der Waals surface area contributed by atoms with Crippen LogP contribution in [0.2, 0.25) is 0 Å². The zero-order valence-corrected chi connectivity index (χ0v) is 43.7. The molecule has 74 heavy (non-hydrogen) atoms. The van der Waals surface area contributed by atoms with Crippen molar-refractivity contribution in [2.75, 3.05) is 19.6 Å². The van der Waals surface area contributed by atoms with Gasteiger partial charge in [-0.1, -0.05) is 118 Å². The molecule has 0 bridgehead atoms. The minimum absolute atomic E-state index is 0.0533. The van der Waals surface area contributed by atoms with E-state index in [1.165, 1.54) is 17.9 Å². The van der Waals surface area contributed by atoms with E-state index in [4.69, 9.17) is 0 Å². The summed E-state index contributed by atoms with van der Waals surface area (Å²) in [6.45, 7) is 8.45. The lowest BCUT2D eigenvalue weighted by atomic mass is 9.93. The van der Waals surface area contributed by atoms with Gasteiger partial charge in [0, 0.05) is 63.2 Å². The van der Waals surface area contributed by atoms with E-state index in [1.54, 1.807) is 0 Å². The average molecular weight is 1010 g/mol. The molecule has 11 atom stereocenters. The Labute approximate surface area is 436 Å². The van der Waals surface area contributed by atoms with Crippen LogP contribution in [0.25, 0.3) is 21.5 Å². The smallest absolute Gasteiger partial charge is 0.226 e. The molecule has 15 nitrogen and oxygen atoms in total. The number of carbonyl (C=O) groups excluding carboxylic acids is 7. The van der Waals surface area contributed by atoms with Crippen LogP contribution in [0.1, 0.15) is 109 Å². The number of benzene rings is 4. The molecule has 1 saturated heterocycles. The molecule has 15 heteroatoms. The fourth-order valence-corrected chi connectivity index (χ4v) is 12.3. The molecule has 4 aliphatic rings. The van der Waals surface area contributed by atoms with Gasteiger partial charge < -0.3 is 42.5 Å². The molecule has 8 rings (SSSR count). The minimum atomic E-state index is -0.544. The van der Waals surface area contributed by atoms with E-state index in [-0.39, 0.29) is 90.3 Å². The van der Waals surface area contributed by atoms with Crippen molar-refractivity contribution >= 4 is 62.9 Å². The molecule has 7 amide bonds. The standard InChI is InChI=1S/C59H78N8O7/c1-35(2)27-43(55(70)67-53-34-60-33-49(53)59(74)66-52-24-12-21-48(52)57(72)62-36(3)28-42-17-9-16-40-14-7-8-18-45(40)42)32-61-56(71)46-19-10-23-51(46)65-58(73)47-20-11-22-50(47)64-54(69)31-44(63-37(4)68)30-38-25-26-39-13-5-6-15-41(39)29-38/h5-9,13-18,25-26,29,35-36,43-44,46-53,60H,10-12,19-24,27-28,30-34H2,1-4H3,(H,61,71)(H,62,72)(H,63,68)(H,64,69)(H,65,73)(H,66,74)(H,67,70)/t36-,43?,44+,46+,47+,48+,49+,50-,51-,52-,53-/m1/s1. The van der Waals surface area contributed by atoms with Crippen LogP contribution in [-0.4, -0.2) is 97.2 Å². The molecule has 4 aromatic carbocycles. The van der Waals surface area contributed by atoms with Crippen LogP contribution >= 0.6 is 0 Å². The molecule has 1 unspecified atom stereocenters. The second kappa shape index (κ2) is 25.3. The number of hydrogen-bond donors (Lipinski definition) is 8. The van der Waals surface area contributed by atoms with Gasteiger partial charge in [0.05, 0.1) is 35.6 Å². The lowest BCUT2D eigenvalue weighted by Crippen LogP contribution is -2.53. The second-order valence-electron chi connectivity index (χ2n) is 22.2. The Morgan fingerprint density at radius 3 is 1.86 bits per heavy atom. The van der Waals surface area contributed by atoms with Crippen LogP contribution in [0.15, 0.2) is 84.9 Å². The van der Waals surface area contributed by atoms with Gasteiger partial charge in [-0.15, -0.1) is 0 Å². The van der Waals surface area contributed by atoms with Crippen LogP contribution in [0.5, 0.6) is 0 Å². The molecule has 396 valence electrons. The van der Waals surface area contributed by atoms with Gasteiger partial charge in [-0.3, -0.25) is 33.6 Å². The molecule has 4 fully saturated rings. The van der Waals surface area contributed by atoms with E-state index in [0.717, 1.165) is 41.0 Å². The summed E-state index contributed by atoms with van der Waals surface area (Å²) in [4.78, 5) is 95.1. The summed E-state index contributed by atoms with van der Waals surface area (Å²) in [6.07, 6.45) is 8.05. The normalized spacial score (nSPS) is 24.7. The van der Waals surface area contributed by atoms with Gasteiger partial charge in [0.15, 0.2) is 0 Å². The maximum atomic E-state index is 14.0. The van der Waals surface area contributed by atoms with E-state index in [2.05, 4.69) is 72.9 Å². The SMILES string of the molecule is CC(=O)N[C@H](CC(=O)N[C@@H]1CCC[C@@H]1C(=O)N[C@@H]1CCC[C@@H]1C(=O)NCC(CC(C)C)C(=O)N[C@@H]1CNC[C@@H]1C(=O)N[C@@H]1CCC[C@@H]1C(=O)N[C@H](C)Cc1cccc2ccccc12)Cc1ccc2ccccc2c1. The average Bonchev–Trinajstić information content (AvgIpc) is 4.22. The summed E-state index contributed by atoms with van der Waals surface area (Å²) >= 11 is 0. The van der Waals surface area contributed by atoms with Gasteiger partial charge in [0.1, 0.15) is 0 Å². The highest BCUT2D eigenvalue weighted by Gasteiger charge is 2.42. The van der Waals surface area contributed by atoms with Crippen molar-refractivity contribution in [2.45, 2.75) is 147 Å². The van der Waals surface area contributed by atoms with E-state index < -0.39 is 35.8 Å². The van der Waals surface area contributed by atoms with Gasteiger partial charge in [-0.25, -0.2) is 0 Å². The monoisotopic (exact) mass is 1010 g/mol. The molecule has 0 aromatic heterocycles. The summed E-state index contributed by atoms with van der Waals surface area (Å²) < 4.78 is 0. The van der Waals surface area contributed by atoms with Gasteiger partial charge in [0.25, 0.3) is 0 Å². The second-order valence-corrected chi connectivity index (χ2v) is 22.2. The maximum Gasteiger partial charge on any atom is 0.226 e. The molecule has 4 aromatic rings. The summed E-state index contributed by atoms with van der Waals surface area (Å²) in [5.74, 6) is -3.48. The number of carbonyl (C=O) groups is 7. The van der Waals surface area contributed by atoms with Crippen molar-refractivity contribution in [1.82, 2.24) is 42.5 Å². The summed E-state index contributed by atoms with van der Waals surface area (Å²) in [6, 6.07) is 26.7. The summed E-state index contributed by atoms with van der Waals surface area (Å²) in [5, 5.41) is 29.7. The third-order valence-electron chi connectivity index (χ3n) is 16.0. The van der Waals surface area contributed by atoms with E-state index in [9.17, 15) is 33.6 Å². The van der Waals surface area contributed by atoms with Gasteiger partial charge in [-0.2, -0.15) is 0 Å². The predicted octanol–water partition coefficient (Wildman–Crippen LogP) is 5.52. The lowest BCUT2D eigenvalue weighted by molar-refractivity contribution is -0.130. The summed E-state index contributed by atoms with van der Waals surface area (Å²) in [7, 11) is 0. The fourth-order valence-electron chi connectivity index (χ4n) is 12.3. The Morgan fingerprint density at radius 2 is 1.18 bits per heavy atom. The van der Waals surface area contributed by atoms with Crippen LogP contribution in [0.4, 0.5) is 0 Å². The zero-order valence-electron chi connectivity index (χ0n) is 43.7. The van der Waals surface area contributed by atoms with Crippen molar-refractivity contribution in [1.29, 1.82) is 0 Å². The van der Waals surface area contributed by atoms with Gasteiger partial charge in [-0.05, 0) is 103 Å². The Kier molecular flexibility index (Phi) is 18.4. The van der Waals surface area contributed by atoms with Gasteiger partial charge in [0.2, 0.25) is 41.4 Å². The number of fused-ring (bicyclic) bond motifs is 2. The quantitative estimate of drug-likeness (QED) is 0.0531. The number of rotatable bonds is 21. The molecular formula is C59H78N8O7. The molecule has 0 spiro atoms. The van der Waals surface area contributed by atoms with Crippen molar-refractivity contribution in [2.24, 2.45) is 35.5 Å². The molecule has 1 aliphatic heterocycles. The lowest BCUT2D eigenvalue weighted by Gasteiger charge is -2.28. The molecule has 3 saturated carbocycles. The van der Waals surface area contributed by atoms with Crippen molar-refractivity contribution < 1.29 is 33.6 Å². The highest BCUT2D eigenvalue weighted by molar-refractivity contribution is 5.89. The summed E-state index contributed by atoms with van der Waals surface area (Å²) in [5.41, 5.74) is 2.19. The predicted molar refractivity (Wildman–Crippen MR) is 287 cm³/mol. The molecule has 0 radical (unpaired) electrons. The van der Waals surface area contributed by atoms with Crippen LogP contribution in [-0.2, 0) is 46.4 Å². The number of hydrogen-bond acceptors (Lipinski definition) is 8. The highest BCUT2D eigenvalue weighted by atomic mass is 16.2. The van der Waals surface area contributed by atoms with Crippen LogP contribution in [0.3, 0.4) is 0 Å². The largest absolute Gasteiger partial charge is 0.355 e. The molecular weight excluding hydrogens is 933 g/mol. The van der Waals surface area contributed by atoms with E-state index >= 15 is 0 Å². The van der Waals surface area contributed by atoms with E-state index in [1.807, 2.05) is 75.4 Å². The Morgan fingerprint density at radius 1 is 0.568 bits per heavy atom. The minimum Gasteiger partial charge on any atom is -0.355 e. The van der Waals surface area contributed by atoms with Crippen molar-refractivity contribution in [3.8, 4) is 0 Å². The molecule has 1 heterocycles. The maximum absolute atomic E-state index is 14.0. The first-order valence-electron chi connectivity index (χ1n) is 27.4. The first kappa shape index (κ1) is 53.9. The van der Waals surface area contributed by atoms with Crippen molar-refractivity contribution in [3.63, 3.8) is 0 Å². The molecule has 8 N–H and O–H groups in total. The third-order valence-corrected chi connectivity index (χ3v) is 16.0.